The molecule has 0 aliphatic rings. The normalized spacial score (nSPS) is 13.2. The highest BCUT2D eigenvalue weighted by atomic mass is 16.6. The number of unbranched alkanes of at least 4 members (excludes halogenated alkanes) is 14. The molecule has 0 aromatic heterocycles. The Morgan fingerprint density at radius 2 is 0.563 bits per heavy atom. The van der Waals surface area contributed by atoms with Crippen LogP contribution >= 0.6 is 0 Å². The van der Waals surface area contributed by atoms with Gasteiger partial charge in [-0.3, -0.25) is 14.4 Å². The van der Waals surface area contributed by atoms with E-state index < -0.39 is 6.10 Å². The molecule has 0 amide bonds. The zero-order valence-corrected chi connectivity index (χ0v) is 45.4. The summed E-state index contributed by atoms with van der Waals surface area (Å²) in [5.41, 5.74) is 0. The Bertz CT molecular complexity index is 1590. The van der Waals surface area contributed by atoms with E-state index in [-0.39, 0.29) is 44.0 Å². The first kappa shape index (κ1) is 66.3. The van der Waals surface area contributed by atoms with Gasteiger partial charge in [0.2, 0.25) is 0 Å². The van der Waals surface area contributed by atoms with Crippen LogP contribution in [0.3, 0.4) is 0 Å². The Morgan fingerprint density at radius 1 is 0.296 bits per heavy atom. The second-order valence-electron chi connectivity index (χ2n) is 18.1. The predicted octanol–water partition coefficient (Wildman–Crippen LogP) is 19.2. The molecule has 0 aliphatic carbocycles. The Hall–Kier alpha value is -4.71. The molecular weight excluding hydrogens is 877 g/mol. The standard InChI is InChI=1S/C65H102O6/c1-4-7-10-13-16-19-22-25-28-31-32-35-38-41-44-47-50-53-56-59-65(68)71-62(60-69-63(66)57-54-51-48-45-42-39-36-33-29-26-23-20-17-14-11-8-5-2)61-70-64(67)58-55-52-49-46-43-40-37-34-30-27-24-21-18-15-12-9-6-3/h8,11,16-21,25-30,32,35-37,39-41,44-45,48,62H,4-7,9-10,12-15,22-24,31,33-34,38,42-43,46-47,49-61H2,1-3H3/b11-8-,19-16-,20-17-,21-18-,28-25-,29-26-,30-27-,35-32-,39-36-,40-37-,44-41-,48-45-/t62-/m1/s1. The highest BCUT2D eigenvalue weighted by Crippen LogP contribution is 2.11. The Labute approximate surface area is 436 Å². The molecule has 0 spiro atoms. The molecule has 0 unspecified atom stereocenters. The minimum Gasteiger partial charge on any atom is -0.462 e. The average Bonchev–Trinajstić information content (AvgIpc) is 3.37. The third kappa shape index (κ3) is 56.1. The van der Waals surface area contributed by atoms with E-state index in [9.17, 15) is 14.4 Å². The fraction of sp³-hybridized carbons (Fsp3) is 0.585. The van der Waals surface area contributed by atoms with Crippen LogP contribution in [-0.2, 0) is 28.6 Å². The first-order valence-electron chi connectivity index (χ1n) is 28.3. The molecule has 0 aromatic carbocycles. The lowest BCUT2D eigenvalue weighted by Crippen LogP contribution is -2.30. The van der Waals surface area contributed by atoms with E-state index in [2.05, 4.69) is 167 Å². The third-order valence-electron chi connectivity index (χ3n) is 11.3. The quantitative estimate of drug-likeness (QED) is 0.0262. The maximum absolute atomic E-state index is 12.9. The lowest BCUT2D eigenvalue weighted by atomic mass is 10.1. The van der Waals surface area contributed by atoms with Crippen molar-refractivity contribution < 1.29 is 28.6 Å². The first-order valence-corrected chi connectivity index (χ1v) is 28.3. The summed E-state index contributed by atoms with van der Waals surface area (Å²) in [5.74, 6) is -1.05. The molecule has 0 radical (unpaired) electrons. The van der Waals surface area contributed by atoms with Crippen LogP contribution < -0.4 is 0 Å². The summed E-state index contributed by atoms with van der Waals surface area (Å²) in [6, 6.07) is 0. The molecule has 0 saturated heterocycles. The summed E-state index contributed by atoms with van der Waals surface area (Å²) < 4.78 is 16.8. The summed E-state index contributed by atoms with van der Waals surface area (Å²) in [6.45, 7) is 6.36. The van der Waals surface area contributed by atoms with Gasteiger partial charge in [0.25, 0.3) is 0 Å². The number of hydrogen-bond acceptors (Lipinski definition) is 6. The van der Waals surface area contributed by atoms with Gasteiger partial charge in [-0.05, 0) is 141 Å². The lowest BCUT2D eigenvalue weighted by molar-refractivity contribution is -0.167. The van der Waals surface area contributed by atoms with E-state index in [4.69, 9.17) is 14.2 Å². The largest absolute Gasteiger partial charge is 0.462 e. The summed E-state index contributed by atoms with van der Waals surface area (Å²) in [4.78, 5) is 38.1. The monoisotopic (exact) mass is 979 g/mol. The number of hydrogen-bond donors (Lipinski definition) is 0. The predicted molar refractivity (Wildman–Crippen MR) is 306 cm³/mol. The van der Waals surface area contributed by atoms with Crippen molar-refractivity contribution in [3.8, 4) is 0 Å². The van der Waals surface area contributed by atoms with Crippen molar-refractivity contribution in [2.45, 2.75) is 232 Å². The molecule has 0 saturated carbocycles. The minimum atomic E-state index is -0.835. The summed E-state index contributed by atoms with van der Waals surface area (Å²) in [6.07, 6.45) is 82.6. The lowest BCUT2D eigenvalue weighted by Gasteiger charge is -2.18. The molecule has 0 fully saturated rings. The fourth-order valence-electron chi connectivity index (χ4n) is 7.05. The highest BCUT2D eigenvalue weighted by molar-refractivity contribution is 5.71. The highest BCUT2D eigenvalue weighted by Gasteiger charge is 2.19. The van der Waals surface area contributed by atoms with E-state index in [1.165, 1.54) is 51.4 Å². The topological polar surface area (TPSA) is 78.9 Å². The first-order chi connectivity index (χ1) is 35.0. The zero-order chi connectivity index (χ0) is 51.4. The molecule has 0 N–H and O–H groups in total. The number of rotatable bonds is 49. The number of esters is 3. The summed E-state index contributed by atoms with van der Waals surface area (Å²) >= 11 is 0. The van der Waals surface area contributed by atoms with Crippen molar-refractivity contribution in [1.82, 2.24) is 0 Å². The van der Waals surface area contributed by atoms with Crippen LogP contribution in [0.2, 0.25) is 0 Å². The van der Waals surface area contributed by atoms with Gasteiger partial charge in [0, 0.05) is 19.3 Å². The van der Waals surface area contributed by atoms with Gasteiger partial charge in [-0.1, -0.05) is 212 Å². The minimum absolute atomic E-state index is 0.127. The molecular formula is C65H102O6. The number of ether oxygens (including phenoxy) is 3. The van der Waals surface area contributed by atoms with Crippen LogP contribution in [-0.4, -0.2) is 37.2 Å². The van der Waals surface area contributed by atoms with E-state index in [1.807, 2.05) is 0 Å². The Kier molecular flexibility index (Phi) is 54.0. The fourth-order valence-corrected chi connectivity index (χ4v) is 7.05. The molecule has 398 valence electrons. The molecule has 6 heteroatoms. The second kappa shape index (κ2) is 57.9. The van der Waals surface area contributed by atoms with Crippen molar-refractivity contribution in [2.75, 3.05) is 13.2 Å². The zero-order valence-electron chi connectivity index (χ0n) is 45.4. The molecule has 6 nitrogen and oxygen atoms in total. The van der Waals surface area contributed by atoms with Gasteiger partial charge in [0.05, 0.1) is 0 Å². The molecule has 0 heterocycles. The third-order valence-corrected chi connectivity index (χ3v) is 11.3. The number of carbonyl (C=O) groups is 3. The second-order valence-corrected chi connectivity index (χ2v) is 18.1. The SMILES string of the molecule is CC/C=C\C/C=C\C/C=C\C/C=C\C/C=C\CCCC(=O)OC[C@H](COC(=O)CCCCCC/C=C\C/C=C\C/C=C\CCCCC)OC(=O)CCCCC/C=C\C/C=C\C/C=C\C/C=C\CCCCC. The maximum Gasteiger partial charge on any atom is 0.306 e. The van der Waals surface area contributed by atoms with Gasteiger partial charge in [0.15, 0.2) is 6.10 Å². The van der Waals surface area contributed by atoms with Crippen LogP contribution in [0.4, 0.5) is 0 Å². The maximum atomic E-state index is 12.9. The molecule has 1 atom stereocenters. The van der Waals surface area contributed by atoms with E-state index >= 15 is 0 Å². The van der Waals surface area contributed by atoms with Gasteiger partial charge in [0.1, 0.15) is 13.2 Å². The van der Waals surface area contributed by atoms with Gasteiger partial charge in [-0.15, -0.1) is 0 Å². The van der Waals surface area contributed by atoms with E-state index in [0.29, 0.717) is 19.3 Å². The summed E-state index contributed by atoms with van der Waals surface area (Å²) in [7, 11) is 0. The van der Waals surface area contributed by atoms with Crippen LogP contribution in [0, 0.1) is 0 Å². The van der Waals surface area contributed by atoms with Crippen molar-refractivity contribution in [3.05, 3.63) is 146 Å². The molecule has 71 heavy (non-hydrogen) atoms. The molecule has 0 aliphatic heterocycles. The van der Waals surface area contributed by atoms with Crippen molar-refractivity contribution in [3.63, 3.8) is 0 Å². The molecule has 0 bridgehead atoms. The molecule has 0 aromatic rings. The van der Waals surface area contributed by atoms with Crippen LogP contribution in [0.5, 0.6) is 0 Å². The molecule has 0 rings (SSSR count). The van der Waals surface area contributed by atoms with Crippen LogP contribution in [0.15, 0.2) is 146 Å². The summed E-state index contributed by atoms with van der Waals surface area (Å²) in [5, 5.41) is 0. The van der Waals surface area contributed by atoms with Crippen molar-refractivity contribution in [2.24, 2.45) is 0 Å². The number of allylic oxidation sites excluding steroid dienone is 24. The van der Waals surface area contributed by atoms with Crippen molar-refractivity contribution >= 4 is 17.9 Å². The van der Waals surface area contributed by atoms with Gasteiger partial charge in [-0.2, -0.15) is 0 Å². The smallest absolute Gasteiger partial charge is 0.306 e. The van der Waals surface area contributed by atoms with Crippen LogP contribution in [0.1, 0.15) is 226 Å². The van der Waals surface area contributed by atoms with Crippen molar-refractivity contribution in [1.29, 1.82) is 0 Å². The van der Waals surface area contributed by atoms with Gasteiger partial charge >= 0.3 is 17.9 Å². The Balaban J connectivity index is 4.61. The number of carbonyl (C=O) groups excluding carboxylic acids is 3. The van der Waals surface area contributed by atoms with Crippen LogP contribution in [0.25, 0.3) is 0 Å². The van der Waals surface area contributed by atoms with E-state index in [0.717, 1.165) is 122 Å². The average molecular weight is 980 g/mol. The van der Waals surface area contributed by atoms with E-state index in [1.54, 1.807) is 0 Å². The van der Waals surface area contributed by atoms with Gasteiger partial charge in [-0.25, -0.2) is 0 Å². The Morgan fingerprint density at radius 3 is 0.915 bits per heavy atom. The van der Waals surface area contributed by atoms with Gasteiger partial charge < -0.3 is 14.2 Å².